The van der Waals surface area contributed by atoms with Gasteiger partial charge in [-0.25, -0.2) is 4.39 Å². The summed E-state index contributed by atoms with van der Waals surface area (Å²) >= 11 is 10.9. The zero-order valence-corrected chi connectivity index (χ0v) is 15.6. The minimum atomic E-state index is -1.33. The number of nitrogens with zero attached hydrogens (tertiary/aromatic N) is 1. The maximum atomic E-state index is 13.2. The molecule has 4 N–H and O–H groups in total. The molecule has 5 nitrogen and oxygen atoms in total. The van der Waals surface area contributed by atoms with E-state index in [9.17, 15) is 14.3 Å². The van der Waals surface area contributed by atoms with E-state index < -0.39 is 29.6 Å². The van der Waals surface area contributed by atoms with Crippen molar-refractivity contribution in [3.8, 4) is 11.1 Å². The number of nitrogens with two attached hydrogens (primary N) is 1. The van der Waals surface area contributed by atoms with Gasteiger partial charge in [0.05, 0.1) is 11.7 Å². The number of amides is 1. The van der Waals surface area contributed by atoms with Gasteiger partial charge in [-0.3, -0.25) is 9.78 Å². The third-order valence-corrected chi connectivity index (χ3v) is 4.31. The van der Waals surface area contributed by atoms with Crippen molar-refractivity contribution in [2.45, 2.75) is 29.9 Å². The fraction of sp³-hybridized carbons (Fsp3) is 0.333. The van der Waals surface area contributed by atoms with Crippen LogP contribution in [0.1, 0.15) is 30.3 Å². The fourth-order valence-corrected chi connectivity index (χ4v) is 2.52. The third kappa shape index (κ3) is 5.14. The maximum Gasteiger partial charge on any atom is 0.253 e. The predicted molar refractivity (Wildman–Crippen MR) is 101 cm³/mol. The molecular weight excluding hydrogens is 380 g/mol. The summed E-state index contributed by atoms with van der Waals surface area (Å²) in [5, 5.41) is 12.6. The van der Waals surface area contributed by atoms with E-state index in [2.05, 4.69) is 10.3 Å². The second-order valence-electron chi connectivity index (χ2n) is 5.90. The number of benzene rings is 1. The molecule has 0 aliphatic rings. The molecule has 0 saturated heterocycles. The Morgan fingerprint density at radius 2 is 1.85 bits per heavy atom. The zero-order valence-electron chi connectivity index (χ0n) is 14.1. The van der Waals surface area contributed by atoms with Crippen LogP contribution in [0.15, 0.2) is 42.6 Å². The normalized spacial score (nSPS) is 14.7. The van der Waals surface area contributed by atoms with E-state index in [0.717, 1.165) is 16.8 Å². The number of aromatic nitrogens is 1. The summed E-state index contributed by atoms with van der Waals surface area (Å²) in [5.74, 6) is -0.757. The Hall–Kier alpha value is -1.73. The van der Waals surface area contributed by atoms with E-state index in [4.69, 9.17) is 28.9 Å². The molecule has 1 aromatic carbocycles. The second kappa shape index (κ2) is 9.28. The summed E-state index contributed by atoms with van der Waals surface area (Å²) in [7, 11) is 0. The van der Waals surface area contributed by atoms with E-state index >= 15 is 0 Å². The highest BCUT2D eigenvalue weighted by molar-refractivity contribution is 6.53. The van der Waals surface area contributed by atoms with Crippen molar-refractivity contribution < 1.29 is 14.3 Å². The van der Waals surface area contributed by atoms with Crippen LogP contribution in [0.5, 0.6) is 0 Å². The van der Waals surface area contributed by atoms with Crippen LogP contribution in [0.2, 0.25) is 0 Å². The van der Waals surface area contributed by atoms with Gasteiger partial charge in [-0.15, -0.1) is 0 Å². The van der Waals surface area contributed by atoms with Crippen LogP contribution in [0.4, 0.5) is 4.39 Å². The third-order valence-electron chi connectivity index (χ3n) is 3.91. The largest absolute Gasteiger partial charge is 0.386 e. The monoisotopic (exact) mass is 399 g/mol. The molecule has 8 heteroatoms. The highest BCUT2D eigenvalue weighted by Crippen LogP contribution is 2.24. The molecule has 0 bridgehead atoms. The number of carbonyl (C=O) groups is 1. The van der Waals surface area contributed by atoms with Crippen LogP contribution in [0.3, 0.4) is 0 Å². The second-order valence-corrected chi connectivity index (χ2v) is 6.99. The molecule has 0 saturated carbocycles. The topological polar surface area (TPSA) is 88.2 Å². The molecule has 2 aromatic rings. The molecule has 1 aromatic heterocycles. The van der Waals surface area contributed by atoms with E-state index in [1.54, 1.807) is 30.5 Å². The Bertz CT molecular complexity index is 724. The lowest BCUT2D eigenvalue weighted by atomic mass is 9.99. The number of alkyl halides is 3. The Balaban J connectivity index is 2.13. The van der Waals surface area contributed by atoms with E-state index in [0.29, 0.717) is 5.56 Å². The molecule has 140 valence electrons. The Morgan fingerprint density at radius 1 is 1.23 bits per heavy atom. The van der Waals surface area contributed by atoms with Crippen molar-refractivity contribution in [3.63, 3.8) is 0 Å². The SMILES string of the molecule is CC(N)c1ccc(-c2ccc([C@H](O)[C@@H](CF)NC(=O)C(Cl)Cl)cc2)cn1. The highest BCUT2D eigenvalue weighted by atomic mass is 35.5. The van der Waals surface area contributed by atoms with Crippen molar-refractivity contribution in [1.82, 2.24) is 10.3 Å². The number of carbonyl (C=O) groups excluding carboxylic acids is 1. The Kier molecular flexibility index (Phi) is 7.34. The molecule has 0 spiro atoms. The number of nitrogens with one attached hydrogen (secondary N) is 1. The van der Waals surface area contributed by atoms with Gasteiger partial charge in [0.2, 0.25) is 0 Å². The zero-order chi connectivity index (χ0) is 19.3. The number of pyridine rings is 1. The minimum absolute atomic E-state index is 0.144. The molecule has 0 aliphatic carbocycles. The van der Waals surface area contributed by atoms with Gasteiger partial charge in [-0.05, 0) is 24.1 Å². The minimum Gasteiger partial charge on any atom is -0.386 e. The average Bonchev–Trinajstić information content (AvgIpc) is 2.65. The molecule has 1 unspecified atom stereocenters. The maximum absolute atomic E-state index is 13.2. The summed E-state index contributed by atoms with van der Waals surface area (Å²) in [4.78, 5) is 14.5. The van der Waals surface area contributed by atoms with Gasteiger partial charge in [0, 0.05) is 17.8 Å². The van der Waals surface area contributed by atoms with Crippen LogP contribution < -0.4 is 11.1 Å². The van der Waals surface area contributed by atoms with E-state index in [-0.39, 0.29) is 6.04 Å². The van der Waals surface area contributed by atoms with Gasteiger partial charge in [0.1, 0.15) is 12.8 Å². The summed E-state index contributed by atoms with van der Waals surface area (Å²) in [6.45, 7) is 0.896. The highest BCUT2D eigenvalue weighted by Gasteiger charge is 2.25. The number of rotatable bonds is 7. The van der Waals surface area contributed by atoms with Gasteiger partial charge in [-0.1, -0.05) is 53.5 Å². The molecule has 26 heavy (non-hydrogen) atoms. The molecule has 1 heterocycles. The average molecular weight is 400 g/mol. The van der Waals surface area contributed by atoms with Crippen LogP contribution in [-0.4, -0.2) is 33.6 Å². The van der Waals surface area contributed by atoms with Crippen molar-refractivity contribution in [2.24, 2.45) is 5.73 Å². The standard InChI is InChI=1S/C18H20Cl2FN3O2/c1-10(22)14-7-6-13(9-23-14)11-2-4-12(5-3-11)16(25)15(8-21)24-18(26)17(19)20/h2-7,9-10,15-17,25H,8,22H2,1H3,(H,24,26)/t10?,15-,16+/m1/s1. The first-order valence-electron chi connectivity index (χ1n) is 7.98. The van der Waals surface area contributed by atoms with E-state index in [1.807, 2.05) is 19.1 Å². The summed E-state index contributed by atoms with van der Waals surface area (Å²) in [6.07, 6.45) is 0.485. The number of halogens is 3. The molecule has 1 amide bonds. The summed E-state index contributed by atoms with van der Waals surface area (Å²) in [6, 6.07) is 9.36. The number of hydrogen-bond acceptors (Lipinski definition) is 4. The first kappa shape index (κ1) is 20.6. The molecule has 2 rings (SSSR count). The van der Waals surface area contributed by atoms with Crippen LogP contribution >= 0.6 is 23.2 Å². The summed E-state index contributed by atoms with van der Waals surface area (Å²) < 4.78 is 13.2. The van der Waals surface area contributed by atoms with Gasteiger partial charge in [0.25, 0.3) is 5.91 Å². The molecule has 0 radical (unpaired) electrons. The van der Waals surface area contributed by atoms with Gasteiger partial charge in [0.15, 0.2) is 4.84 Å². The quantitative estimate of drug-likeness (QED) is 0.624. The van der Waals surface area contributed by atoms with Crippen LogP contribution in [0, 0.1) is 0 Å². The number of hydrogen-bond donors (Lipinski definition) is 3. The van der Waals surface area contributed by atoms with Crippen molar-refractivity contribution >= 4 is 29.1 Å². The molecule has 0 fully saturated rings. The molecule has 0 aliphatic heterocycles. The fourth-order valence-electron chi connectivity index (χ4n) is 2.40. The van der Waals surface area contributed by atoms with Gasteiger partial charge >= 0.3 is 0 Å². The molecular formula is C18H20Cl2FN3O2. The Labute approximate surface area is 161 Å². The lowest BCUT2D eigenvalue weighted by Crippen LogP contribution is -2.43. The number of aliphatic hydroxyl groups excluding tert-OH is 1. The predicted octanol–water partition coefficient (Wildman–Crippen LogP) is 3.06. The first-order valence-corrected chi connectivity index (χ1v) is 8.85. The van der Waals surface area contributed by atoms with Crippen molar-refractivity contribution in [2.75, 3.05) is 6.67 Å². The smallest absolute Gasteiger partial charge is 0.253 e. The van der Waals surface area contributed by atoms with Crippen molar-refractivity contribution in [1.29, 1.82) is 0 Å². The first-order chi connectivity index (χ1) is 12.3. The Morgan fingerprint density at radius 3 is 2.31 bits per heavy atom. The lowest BCUT2D eigenvalue weighted by Gasteiger charge is -2.22. The van der Waals surface area contributed by atoms with Crippen LogP contribution in [0.25, 0.3) is 11.1 Å². The van der Waals surface area contributed by atoms with Gasteiger partial charge in [-0.2, -0.15) is 0 Å². The molecule has 3 atom stereocenters. The summed E-state index contributed by atoms with van der Waals surface area (Å²) in [5.41, 5.74) is 8.80. The van der Waals surface area contributed by atoms with Crippen LogP contribution in [-0.2, 0) is 4.79 Å². The number of aliphatic hydroxyl groups is 1. The van der Waals surface area contributed by atoms with E-state index in [1.165, 1.54) is 0 Å². The lowest BCUT2D eigenvalue weighted by molar-refractivity contribution is -0.121. The van der Waals surface area contributed by atoms with Crippen molar-refractivity contribution in [3.05, 3.63) is 53.9 Å². The van der Waals surface area contributed by atoms with Gasteiger partial charge < -0.3 is 16.2 Å².